The molecule has 19 heavy (non-hydrogen) atoms. The van der Waals surface area contributed by atoms with Crippen LogP contribution in [-0.4, -0.2) is 27.2 Å². The van der Waals surface area contributed by atoms with Crippen LogP contribution in [0.3, 0.4) is 0 Å². The van der Waals surface area contributed by atoms with Gasteiger partial charge in [0, 0.05) is 24.0 Å². The van der Waals surface area contributed by atoms with Gasteiger partial charge < -0.3 is 15.0 Å². The monoisotopic (exact) mass is 286 g/mol. The zero-order chi connectivity index (χ0) is 14.6. The van der Waals surface area contributed by atoms with Crippen LogP contribution in [0.25, 0.3) is 0 Å². The Balaban J connectivity index is 2.42. The molecule has 1 aromatic rings. The molecule has 0 bridgehead atoms. The van der Waals surface area contributed by atoms with E-state index in [2.05, 4.69) is 5.32 Å². The van der Waals surface area contributed by atoms with Crippen LogP contribution >= 0.6 is 11.3 Å². The second-order valence-corrected chi connectivity index (χ2v) is 6.16. The molecule has 5 nitrogen and oxygen atoms in total. The molecule has 1 aromatic heterocycles. The maximum absolute atomic E-state index is 11.8. The number of carbonyl (C=O) groups excluding carboxylic acids is 1. The van der Waals surface area contributed by atoms with Gasteiger partial charge >= 0.3 is 4.87 Å². The molecule has 0 aliphatic heterocycles. The number of aliphatic hydroxyl groups is 1. The van der Waals surface area contributed by atoms with E-state index in [0.29, 0.717) is 19.4 Å². The third-order valence-corrected chi connectivity index (χ3v) is 4.15. The molecule has 0 saturated carbocycles. The van der Waals surface area contributed by atoms with Crippen LogP contribution in [0, 0.1) is 6.92 Å². The van der Waals surface area contributed by atoms with Gasteiger partial charge in [0.1, 0.15) is 0 Å². The summed E-state index contributed by atoms with van der Waals surface area (Å²) in [4.78, 5) is 23.3. The van der Waals surface area contributed by atoms with Crippen LogP contribution in [0.1, 0.15) is 39.3 Å². The molecular weight excluding hydrogens is 264 g/mol. The molecule has 2 N–H and O–H groups in total. The first-order valence-electron chi connectivity index (χ1n) is 6.38. The summed E-state index contributed by atoms with van der Waals surface area (Å²) < 4.78 is 1.68. The quantitative estimate of drug-likeness (QED) is 0.827. The average molecular weight is 286 g/mol. The molecule has 1 atom stereocenters. The minimum Gasteiger partial charge on any atom is -0.391 e. The van der Waals surface area contributed by atoms with Gasteiger partial charge in [-0.1, -0.05) is 11.3 Å². The molecular formula is C13H22N2O3S. The van der Waals surface area contributed by atoms with Crippen LogP contribution in [-0.2, 0) is 11.3 Å². The summed E-state index contributed by atoms with van der Waals surface area (Å²) in [5, 5.41) is 14.1. The standard InChI is InChI=1S/C13H22N2O3S/c1-9-8-19-12(18)15(9)7-5-6-11(17)14-13(3,4)10(2)16/h8,10,16H,5-7H2,1-4H3,(H,14,17). The lowest BCUT2D eigenvalue weighted by molar-refractivity contribution is -0.124. The van der Waals surface area contributed by atoms with E-state index in [1.165, 1.54) is 11.3 Å². The second kappa shape index (κ2) is 6.34. The van der Waals surface area contributed by atoms with Gasteiger partial charge in [-0.05, 0) is 34.1 Å². The fraction of sp³-hybridized carbons (Fsp3) is 0.692. The van der Waals surface area contributed by atoms with Gasteiger partial charge in [0.05, 0.1) is 11.6 Å². The Morgan fingerprint density at radius 3 is 2.68 bits per heavy atom. The van der Waals surface area contributed by atoms with Crippen molar-refractivity contribution in [3.8, 4) is 0 Å². The zero-order valence-electron chi connectivity index (χ0n) is 11.9. The van der Waals surface area contributed by atoms with Crippen LogP contribution in [0.5, 0.6) is 0 Å². The molecule has 6 heteroatoms. The predicted molar refractivity (Wildman–Crippen MR) is 76.5 cm³/mol. The Labute approximate surface area is 117 Å². The van der Waals surface area contributed by atoms with Crippen molar-refractivity contribution in [2.45, 2.75) is 58.7 Å². The maximum atomic E-state index is 11.8. The Hall–Kier alpha value is -1.14. The van der Waals surface area contributed by atoms with Crippen LogP contribution < -0.4 is 10.2 Å². The predicted octanol–water partition coefficient (Wildman–Crippen LogP) is 1.27. The van der Waals surface area contributed by atoms with E-state index in [1.807, 2.05) is 12.3 Å². The molecule has 1 unspecified atom stereocenters. The van der Waals surface area contributed by atoms with E-state index in [4.69, 9.17) is 0 Å². The molecule has 1 rings (SSSR count). The normalized spacial score (nSPS) is 13.3. The summed E-state index contributed by atoms with van der Waals surface area (Å²) in [6.45, 7) is 7.64. The van der Waals surface area contributed by atoms with Gasteiger partial charge in [-0.15, -0.1) is 0 Å². The Morgan fingerprint density at radius 2 is 2.21 bits per heavy atom. The SMILES string of the molecule is Cc1csc(=O)n1CCCC(=O)NC(C)(C)C(C)O. The number of carbonyl (C=O) groups is 1. The fourth-order valence-corrected chi connectivity index (χ4v) is 2.36. The number of hydrogen-bond acceptors (Lipinski definition) is 4. The highest BCUT2D eigenvalue weighted by atomic mass is 32.1. The van der Waals surface area contributed by atoms with Crippen LogP contribution in [0.4, 0.5) is 0 Å². The smallest absolute Gasteiger partial charge is 0.307 e. The number of nitrogens with one attached hydrogen (secondary N) is 1. The van der Waals surface area contributed by atoms with E-state index in [0.717, 1.165) is 5.69 Å². The van der Waals surface area contributed by atoms with Crippen molar-refractivity contribution in [2.24, 2.45) is 0 Å². The van der Waals surface area contributed by atoms with Crippen molar-refractivity contribution >= 4 is 17.2 Å². The summed E-state index contributed by atoms with van der Waals surface area (Å²) in [6.07, 6.45) is 0.343. The van der Waals surface area contributed by atoms with Crippen molar-refractivity contribution in [2.75, 3.05) is 0 Å². The van der Waals surface area contributed by atoms with Crippen molar-refractivity contribution in [1.29, 1.82) is 0 Å². The van der Waals surface area contributed by atoms with Crippen molar-refractivity contribution in [3.05, 3.63) is 20.7 Å². The number of aromatic nitrogens is 1. The van der Waals surface area contributed by atoms with E-state index in [1.54, 1.807) is 25.3 Å². The van der Waals surface area contributed by atoms with Gasteiger partial charge in [0.2, 0.25) is 5.91 Å². The summed E-state index contributed by atoms with van der Waals surface area (Å²) in [7, 11) is 0. The van der Waals surface area contributed by atoms with E-state index >= 15 is 0 Å². The zero-order valence-corrected chi connectivity index (χ0v) is 12.7. The van der Waals surface area contributed by atoms with Gasteiger partial charge in [0.15, 0.2) is 0 Å². The Morgan fingerprint density at radius 1 is 1.58 bits per heavy atom. The highest BCUT2D eigenvalue weighted by Crippen LogP contribution is 2.09. The molecule has 1 amide bonds. The second-order valence-electron chi connectivity index (χ2n) is 5.34. The number of rotatable bonds is 6. The van der Waals surface area contributed by atoms with Crippen LogP contribution in [0.2, 0.25) is 0 Å². The number of thiazole rings is 1. The lowest BCUT2D eigenvalue weighted by Crippen LogP contribution is -2.50. The molecule has 0 fully saturated rings. The maximum Gasteiger partial charge on any atom is 0.307 e. The largest absolute Gasteiger partial charge is 0.391 e. The number of aryl methyl sites for hydroxylation is 1. The number of nitrogens with zero attached hydrogens (tertiary/aromatic N) is 1. The van der Waals surface area contributed by atoms with Crippen molar-refractivity contribution < 1.29 is 9.90 Å². The first kappa shape index (κ1) is 15.9. The molecule has 0 radical (unpaired) electrons. The summed E-state index contributed by atoms with van der Waals surface area (Å²) >= 11 is 1.18. The Kier molecular flexibility index (Phi) is 5.31. The Bertz CT molecular complexity index is 488. The molecule has 0 spiro atoms. The average Bonchev–Trinajstić information content (AvgIpc) is 2.59. The minimum atomic E-state index is -0.633. The highest BCUT2D eigenvalue weighted by molar-refractivity contribution is 7.07. The van der Waals surface area contributed by atoms with Gasteiger partial charge in [0.25, 0.3) is 0 Å². The van der Waals surface area contributed by atoms with E-state index < -0.39 is 11.6 Å². The fourth-order valence-electron chi connectivity index (χ4n) is 1.60. The van der Waals surface area contributed by atoms with Gasteiger partial charge in [-0.3, -0.25) is 9.59 Å². The third kappa shape index (κ3) is 4.47. The lowest BCUT2D eigenvalue weighted by Gasteiger charge is -2.29. The van der Waals surface area contributed by atoms with Crippen molar-refractivity contribution in [3.63, 3.8) is 0 Å². The molecule has 0 saturated heterocycles. The number of hydrogen-bond donors (Lipinski definition) is 2. The summed E-state index contributed by atoms with van der Waals surface area (Å²) in [5.74, 6) is -0.105. The van der Waals surface area contributed by atoms with Crippen molar-refractivity contribution in [1.82, 2.24) is 9.88 Å². The molecule has 0 aliphatic carbocycles. The highest BCUT2D eigenvalue weighted by Gasteiger charge is 2.25. The lowest BCUT2D eigenvalue weighted by atomic mass is 9.98. The van der Waals surface area contributed by atoms with E-state index in [9.17, 15) is 14.7 Å². The van der Waals surface area contributed by atoms with E-state index in [-0.39, 0.29) is 10.8 Å². The number of aliphatic hydroxyl groups excluding tert-OH is 1. The van der Waals surface area contributed by atoms with Gasteiger partial charge in [-0.2, -0.15) is 0 Å². The molecule has 0 aromatic carbocycles. The first-order valence-corrected chi connectivity index (χ1v) is 7.26. The van der Waals surface area contributed by atoms with Gasteiger partial charge in [-0.25, -0.2) is 0 Å². The summed E-state index contributed by atoms with van der Waals surface area (Å²) in [6, 6.07) is 0. The van der Waals surface area contributed by atoms with Crippen LogP contribution in [0.15, 0.2) is 10.2 Å². The molecule has 0 aliphatic rings. The third-order valence-electron chi connectivity index (χ3n) is 3.27. The summed E-state index contributed by atoms with van der Waals surface area (Å²) in [5.41, 5.74) is 0.298. The first-order chi connectivity index (χ1) is 8.74. The minimum absolute atomic E-state index is 0.0159. The topological polar surface area (TPSA) is 71.3 Å². The molecule has 1 heterocycles. The molecule has 108 valence electrons. The number of amides is 1.